The smallest absolute Gasteiger partial charge is 0.150 e. The van der Waals surface area contributed by atoms with Crippen molar-refractivity contribution in [3.8, 4) is 21.1 Å². The third-order valence-electron chi connectivity index (χ3n) is 2.44. The second kappa shape index (κ2) is 5.25. The Morgan fingerprint density at radius 1 is 1.00 bits per heavy atom. The predicted octanol–water partition coefficient (Wildman–Crippen LogP) is 4.57. The van der Waals surface area contributed by atoms with Crippen molar-refractivity contribution < 1.29 is 0 Å². The molecule has 0 amide bonds. The van der Waals surface area contributed by atoms with Gasteiger partial charge in [-0.25, -0.2) is 9.97 Å². The molecule has 0 aliphatic carbocycles. The summed E-state index contributed by atoms with van der Waals surface area (Å²) in [6, 6.07) is 9.23. The summed E-state index contributed by atoms with van der Waals surface area (Å²) in [7, 11) is 0. The molecule has 19 heavy (non-hydrogen) atoms. The van der Waals surface area contributed by atoms with Gasteiger partial charge in [-0.05, 0) is 24.3 Å². The highest BCUT2D eigenvalue weighted by Gasteiger charge is 2.14. The number of nitrogens with zero attached hydrogens (tertiary/aromatic N) is 3. The highest BCUT2D eigenvalue weighted by atomic mass is 35.5. The number of hydrogen-bond acceptors (Lipinski definition) is 4. The normalized spacial score (nSPS) is 10.6. The first-order valence-corrected chi connectivity index (χ1v) is 7.01. The Labute approximate surface area is 123 Å². The number of halogens is 2. The van der Waals surface area contributed by atoms with Crippen LogP contribution in [0.3, 0.4) is 0 Å². The lowest BCUT2D eigenvalue weighted by molar-refractivity contribution is 1.31. The first-order chi connectivity index (χ1) is 9.24. The van der Waals surface area contributed by atoms with E-state index in [9.17, 15) is 0 Å². The van der Waals surface area contributed by atoms with Crippen LogP contribution in [0.4, 0.5) is 0 Å². The first kappa shape index (κ1) is 12.5. The van der Waals surface area contributed by atoms with Gasteiger partial charge < -0.3 is 0 Å². The molecule has 94 valence electrons. The Hall–Kier alpha value is -1.49. The summed E-state index contributed by atoms with van der Waals surface area (Å²) < 4.78 is 0. The Morgan fingerprint density at radius 3 is 2.63 bits per heavy atom. The molecule has 3 aromatic heterocycles. The molecular formula is C13H7Cl2N3S. The van der Waals surface area contributed by atoms with E-state index in [1.807, 2.05) is 24.3 Å². The van der Waals surface area contributed by atoms with Crippen LogP contribution < -0.4 is 0 Å². The van der Waals surface area contributed by atoms with Gasteiger partial charge in [-0.3, -0.25) is 4.98 Å². The molecule has 0 bridgehead atoms. The molecule has 0 aromatic carbocycles. The number of aromatic nitrogens is 3. The monoisotopic (exact) mass is 307 g/mol. The van der Waals surface area contributed by atoms with Gasteiger partial charge in [-0.15, -0.1) is 11.3 Å². The van der Waals surface area contributed by atoms with E-state index in [0.717, 1.165) is 21.1 Å². The third-order valence-corrected chi connectivity index (χ3v) is 4.17. The fraction of sp³-hybridized carbons (Fsp3) is 0. The second-order valence-electron chi connectivity index (χ2n) is 3.73. The lowest BCUT2D eigenvalue weighted by Gasteiger charge is -1.96. The quantitative estimate of drug-likeness (QED) is 0.651. The van der Waals surface area contributed by atoms with Crippen LogP contribution in [0.15, 0.2) is 42.7 Å². The predicted molar refractivity (Wildman–Crippen MR) is 78.6 cm³/mol. The lowest BCUT2D eigenvalue weighted by atomic mass is 10.3. The molecule has 0 aliphatic rings. The van der Waals surface area contributed by atoms with Gasteiger partial charge in [0.25, 0.3) is 0 Å². The first-order valence-electron chi connectivity index (χ1n) is 5.44. The van der Waals surface area contributed by atoms with Gasteiger partial charge in [0.05, 0.1) is 10.6 Å². The SMILES string of the molecule is Clc1cccc(-c2sc(-c3cccnc3)nc2Cl)n1. The summed E-state index contributed by atoms with van der Waals surface area (Å²) in [5, 5.41) is 1.68. The molecule has 3 nitrogen and oxygen atoms in total. The van der Waals surface area contributed by atoms with Gasteiger partial charge in [0.1, 0.15) is 15.3 Å². The van der Waals surface area contributed by atoms with Crippen molar-refractivity contribution in [3.05, 3.63) is 53.0 Å². The van der Waals surface area contributed by atoms with Crippen molar-refractivity contribution in [3.63, 3.8) is 0 Å². The summed E-state index contributed by atoms with van der Waals surface area (Å²) in [5.74, 6) is 0. The summed E-state index contributed by atoms with van der Waals surface area (Å²) >= 11 is 13.5. The zero-order valence-electron chi connectivity index (χ0n) is 9.55. The maximum absolute atomic E-state index is 6.18. The Kier molecular flexibility index (Phi) is 3.46. The third kappa shape index (κ3) is 2.61. The van der Waals surface area contributed by atoms with E-state index >= 15 is 0 Å². The van der Waals surface area contributed by atoms with Crippen LogP contribution >= 0.6 is 34.5 Å². The number of rotatable bonds is 2. The van der Waals surface area contributed by atoms with E-state index in [1.165, 1.54) is 11.3 Å². The minimum atomic E-state index is 0.429. The van der Waals surface area contributed by atoms with E-state index in [0.29, 0.717) is 10.3 Å². The van der Waals surface area contributed by atoms with Crippen molar-refractivity contribution >= 4 is 34.5 Å². The standard InChI is InChI=1S/C13H7Cl2N3S/c14-10-5-1-4-9(17-10)11-12(15)18-13(19-11)8-3-2-6-16-7-8/h1-7H. The number of thiazole rings is 1. The fourth-order valence-electron chi connectivity index (χ4n) is 1.61. The molecule has 3 rings (SSSR count). The molecule has 0 radical (unpaired) electrons. The number of pyridine rings is 2. The summed E-state index contributed by atoms with van der Waals surface area (Å²) in [5.41, 5.74) is 1.66. The topological polar surface area (TPSA) is 38.7 Å². The van der Waals surface area contributed by atoms with Crippen molar-refractivity contribution in [2.45, 2.75) is 0 Å². The fourth-order valence-corrected chi connectivity index (χ4v) is 3.03. The molecule has 0 spiro atoms. The Morgan fingerprint density at radius 2 is 1.89 bits per heavy atom. The molecule has 0 atom stereocenters. The van der Waals surface area contributed by atoms with Gasteiger partial charge in [-0.1, -0.05) is 29.3 Å². The van der Waals surface area contributed by atoms with Crippen LogP contribution in [-0.2, 0) is 0 Å². The highest BCUT2D eigenvalue weighted by molar-refractivity contribution is 7.19. The molecule has 3 heterocycles. The minimum absolute atomic E-state index is 0.429. The molecule has 0 N–H and O–H groups in total. The van der Waals surface area contributed by atoms with Crippen LogP contribution in [0.5, 0.6) is 0 Å². The van der Waals surface area contributed by atoms with Crippen LogP contribution in [0.2, 0.25) is 10.3 Å². The van der Waals surface area contributed by atoms with Gasteiger partial charge in [0, 0.05) is 18.0 Å². The maximum atomic E-state index is 6.18. The Bertz CT molecular complexity index is 713. The minimum Gasteiger partial charge on any atom is -0.264 e. The van der Waals surface area contributed by atoms with E-state index in [1.54, 1.807) is 18.5 Å². The Balaban J connectivity index is 2.08. The average Bonchev–Trinajstić information content (AvgIpc) is 2.82. The second-order valence-corrected chi connectivity index (χ2v) is 5.47. The highest BCUT2D eigenvalue weighted by Crippen LogP contribution is 2.37. The zero-order valence-corrected chi connectivity index (χ0v) is 11.9. The van der Waals surface area contributed by atoms with E-state index in [2.05, 4.69) is 15.0 Å². The molecule has 0 fully saturated rings. The van der Waals surface area contributed by atoms with Crippen LogP contribution in [-0.4, -0.2) is 15.0 Å². The summed E-state index contributed by atoms with van der Waals surface area (Å²) in [4.78, 5) is 13.5. The molecule has 3 aromatic rings. The van der Waals surface area contributed by atoms with Gasteiger partial charge in [-0.2, -0.15) is 0 Å². The molecule has 0 unspecified atom stereocenters. The maximum Gasteiger partial charge on any atom is 0.150 e. The summed E-state index contributed by atoms with van der Waals surface area (Å²) in [6.07, 6.45) is 3.47. The van der Waals surface area contributed by atoms with Crippen molar-refractivity contribution in [2.75, 3.05) is 0 Å². The summed E-state index contributed by atoms with van der Waals surface area (Å²) in [6.45, 7) is 0. The van der Waals surface area contributed by atoms with E-state index < -0.39 is 0 Å². The molecule has 0 saturated heterocycles. The number of hydrogen-bond donors (Lipinski definition) is 0. The van der Waals surface area contributed by atoms with E-state index in [-0.39, 0.29) is 0 Å². The van der Waals surface area contributed by atoms with Crippen molar-refractivity contribution in [1.29, 1.82) is 0 Å². The zero-order chi connectivity index (χ0) is 13.2. The average molecular weight is 308 g/mol. The van der Waals surface area contributed by atoms with Gasteiger partial charge >= 0.3 is 0 Å². The molecule has 0 saturated carbocycles. The molecule has 6 heteroatoms. The van der Waals surface area contributed by atoms with E-state index in [4.69, 9.17) is 23.2 Å². The van der Waals surface area contributed by atoms with Crippen LogP contribution in [0.1, 0.15) is 0 Å². The van der Waals surface area contributed by atoms with Crippen LogP contribution in [0, 0.1) is 0 Å². The van der Waals surface area contributed by atoms with Crippen molar-refractivity contribution in [2.24, 2.45) is 0 Å². The largest absolute Gasteiger partial charge is 0.264 e. The van der Waals surface area contributed by atoms with Crippen LogP contribution in [0.25, 0.3) is 21.1 Å². The lowest BCUT2D eigenvalue weighted by Crippen LogP contribution is -1.80. The van der Waals surface area contributed by atoms with Gasteiger partial charge in [0.2, 0.25) is 0 Å². The van der Waals surface area contributed by atoms with Gasteiger partial charge in [0.15, 0.2) is 0 Å². The molecular weight excluding hydrogens is 301 g/mol. The molecule has 0 aliphatic heterocycles. The van der Waals surface area contributed by atoms with Crippen molar-refractivity contribution in [1.82, 2.24) is 15.0 Å².